The first-order chi connectivity index (χ1) is 34.7. The van der Waals surface area contributed by atoms with Gasteiger partial charge in [0.25, 0.3) is 0 Å². The Morgan fingerprint density at radius 2 is 0.757 bits per heavy atom. The number of nitrogens with zero attached hydrogens (tertiary/aromatic N) is 2. The molecule has 0 saturated heterocycles. The second-order valence-corrected chi connectivity index (χ2v) is 18.4. The van der Waals surface area contributed by atoms with Crippen LogP contribution in [0.2, 0.25) is 0 Å². The molecule has 0 bridgehead atoms. The Morgan fingerprint density at radius 3 is 1.39 bits per heavy atom. The summed E-state index contributed by atoms with van der Waals surface area (Å²) in [4.78, 5) is 0. The van der Waals surface area contributed by atoms with Gasteiger partial charge in [0.2, 0.25) is 0 Å². The molecule has 1 aliphatic rings. The normalized spacial score (nSPS) is 12.5. The highest BCUT2D eigenvalue weighted by atomic mass is 16.3. The lowest BCUT2D eigenvalue weighted by atomic mass is 9.94. The molecular weight excluding hydrogens is 849 g/mol. The standard InChI is InChI=1S/C67H44N2O/c1-3-15-44(16-4-1)46-19-11-20-47(37-46)48-21-12-22-49(38-48)50-23-13-24-51(39-50)53-32-36-67-60(41-53)61-43-54(25-14-30-66(61)70-67)68-63-29-10-8-27-57(63)59-42-55(33-35-65(59)68)69-62-28-9-7-26-56(62)58-40-52(31-34-64(58)69)45-17-5-2-6-18-45/h1-24,26-43H,25H2. The van der Waals surface area contributed by atoms with E-state index in [0.29, 0.717) is 0 Å². The summed E-state index contributed by atoms with van der Waals surface area (Å²) in [5.74, 6) is 0.883. The first-order valence-corrected chi connectivity index (χ1v) is 24.1. The molecule has 1 aliphatic carbocycles. The lowest BCUT2D eigenvalue weighted by molar-refractivity contribution is 0.603. The molecular formula is C67H44N2O. The number of para-hydroxylation sites is 2. The molecule has 0 spiro atoms. The van der Waals surface area contributed by atoms with Crippen LogP contribution in [-0.4, -0.2) is 9.13 Å². The van der Waals surface area contributed by atoms with E-state index < -0.39 is 0 Å². The Bertz CT molecular complexity index is 4250. The first-order valence-electron chi connectivity index (χ1n) is 24.1. The summed E-state index contributed by atoms with van der Waals surface area (Å²) in [5, 5.41) is 6.05. The quantitative estimate of drug-likeness (QED) is 0.156. The van der Waals surface area contributed by atoms with E-state index in [1.54, 1.807) is 0 Å². The monoisotopic (exact) mass is 892 g/mol. The first kappa shape index (κ1) is 39.9. The summed E-state index contributed by atoms with van der Waals surface area (Å²) in [6.07, 6.45) is 7.51. The minimum Gasteiger partial charge on any atom is -0.456 e. The van der Waals surface area contributed by atoms with Gasteiger partial charge in [-0.25, -0.2) is 0 Å². The molecule has 0 fully saturated rings. The Labute approximate surface area is 405 Å². The van der Waals surface area contributed by atoms with Crippen molar-refractivity contribution in [2.75, 3.05) is 0 Å². The van der Waals surface area contributed by atoms with Gasteiger partial charge in [0.05, 0.1) is 22.1 Å². The summed E-state index contributed by atoms with van der Waals surface area (Å²) in [7, 11) is 0. The van der Waals surface area contributed by atoms with Crippen molar-refractivity contribution in [3.8, 4) is 61.3 Å². The van der Waals surface area contributed by atoms with Crippen LogP contribution in [0.4, 0.5) is 0 Å². The van der Waals surface area contributed by atoms with Crippen molar-refractivity contribution in [1.82, 2.24) is 9.13 Å². The van der Waals surface area contributed by atoms with Crippen LogP contribution in [0.25, 0.3) is 134 Å². The smallest absolute Gasteiger partial charge is 0.135 e. The maximum atomic E-state index is 6.60. The summed E-state index contributed by atoms with van der Waals surface area (Å²) in [6.45, 7) is 0. The second kappa shape index (κ2) is 16.3. The van der Waals surface area contributed by atoms with E-state index in [1.165, 1.54) is 93.8 Å². The highest BCUT2D eigenvalue weighted by Crippen LogP contribution is 2.42. The van der Waals surface area contributed by atoms with Gasteiger partial charge in [-0.2, -0.15) is 0 Å². The molecule has 0 aliphatic heterocycles. The number of hydrogen-bond donors (Lipinski definition) is 0. The molecule has 328 valence electrons. The molecule has 0 unspecified atom stereocenters. The summed E-state index contributed by atoms with van der Waals surface area (Å²) < 4.78 is 11.5. The average Bonchev–Trinajstić information content (AvgIpc) is 4.01. The predicted molar refractivity (Wildman–Crippen MR) is 295 cm³/mol. The number of allylic oxidation sites excluding steroid dienone is 2. The lowest BCUT2D eigenvalue weighted by Crippen LogP contribution is -1.97. The third kappa shape index (κ3) is 6.66. The second-order valence-electron chi connectivity index (χ2n) is 18.4. The van der Waals surface area contributed by atoms with Gasteiger partial charge in [-0.15, -0.1) is 0 Å². The van der Waals surface area contributed by atoms with E-state index in [9.17, 15) is 0 Å². The van der Waals surface area contributed by atoms with Crippen LogP contribution < -0.4 is 0 Å². The molecule has 14 rings (SSSR count). The molecule has 3 heteroatoms. The number of fused-ring (bicyclic) bond motifs is 9. The van der Waals surface area contributed by atoms with Gasteiger partial charge in [-0.1, -0.05) is 170 Å². The van der Waals surface area contributed by atoms with Crippen molar-refractivity contribution in [2.45, 2.75) is 6.42 Å². The van der Waals surface area contributed by atoms with Gasteiger partial charge in [-0.3, -0.25) is 0 Å². The predicted octanol–water partition coefficient (Wildman–Crippen LogP) is 18.4. The van der Waals surface area contributed by atoms with Crippen LogP contribution >= 0.6 is 0 Å². The molecule has 0 N–H and O–H groups in total. The Morgan fingerprint density at radius 1 is 0.314 bits per heavy atom. The van der Waals surface area contributed by atoms with Crippen LogP contribution in [0.15, 0.2) is 247 Å². The van der Waals surface area contributed by atoms with Crippen molar-refractivity contribution in [1.29, 1.82) is 0 Å². The fourth-order valence-electron chi connectivity index (χ4n) is 11.0. The fourth-order valence-corrected chi connectivity index (χ4v) is 11.0. The lowest BCUT2D eigenvalue weighted by Gasteiger charge is -2.12. The van der Waals surface area contributed by atoms with Crippen LogP contribution in [0.5, 0.6) is 0 Å². The molecule has 0 amide bonds. The van der Waals surface area contributed by atoms with Crippen LogP contribution in [0.3, 0.4) is 0 Å². The SMILES string of the molecule is C1=Cc2oc3ccc(-c4cccc(-c5cccc(-c6cccc(-c7ccccc7)c6)c5)c4)cc3c2C=C(n2c3ccccc3c3cc(-n4c5ccccc5c5cc(-c6ccccc6)ccc54)ccc32)C1. The van der Waals surface area contributed by atoms with E-state index in [-0.39, 0.29) is 0 Å². The number of benzene rings is 10. The Hall–Kier alpha value is -9.18. The van der Waals surface area contributed by atoms with Crippen molar-refractivity contribution >= 4 is 72.4 Å². The minimum atomic E-state index is 0.759. The van der Waals surface area contributed by atoms with Crippen molar-refractivity contribution in [3.63, 3.8) is 0 Å². The van der Waals surface area contributed by atoms with Gasteiger partial charge in [0.15, 0.2) is 0 Å². The Kier molecular flexibility index (Phi) is 9.28. The largest absolute Gasteiger partial charge is 0.456 e. The number of furan rings is 1. The third-order valence-electron chi connectivity index (χ3n) is 14.3. The van der Waals surface area contributed by atoms with E-state index in [4.69, 9.17) is 4.42 Å². The van der Waals surface area contributed by atoms with Gasteiger partial charge in [0, 0.05) is 50.3 Å². The Balaban J connectivity index is 0.841. The molecule has 0 radical (unpaired) electrons. The van der Waals surface area contributed by atoms with Crippen molar-refractivity contribution in [3.05, 3.63) is 254 Å². The maximum Gasteiger partial charge on any atom is 0.135 e. The number of rotatable bonds is 7. The van der Waals surface area contributed by atoms with Gasteiger partial charge < -0.3 is 13.6 Å². The zero-order valence-electron chi connectivity index (χ0n) is 38.3. The van der Waals surface area contributed by atoms with Gasteiger partial charge >= 0.3 is 0 Å². The topological polar surface area (TPSA) is 23.0 Å². The summed E-state index contributed by atoms with van der Waals surface area (Å²) >= 11 is 0. The number of aromatic nitrogens is 2. The number of hydrogen-bond acceptors (Lipinski definition) is 1. The van der Waals surface area contributed by atoms with E-state index >= 15 is 0 Å². The van der Waals surface area contributed by atoms with E-state index in [1.807, 2.05) is 0 Å². The molecule has 3 heterocycles. The third-order valence-corrected chi connectivity index (χ3v) is 14.3. The molecule has 3 aromatic heterocycles. The minimum absolute atomic E-state index is 0.759. The average molecular weight is 893 g/mol. The highest BCUT2D eigenvalue weighted by molar-refractivity contribution is 6.14. The van der Waals surface area contributed by atoms with Crippen LogP contribution in [0.1, 0.15) is 17.7 Å². The summed E-state index contributed by atoms with van der Waals surface area (Å²) in [5.41, 5.74) is 21.0. The highest BCUT2D eigenvalue weighted by Gasteiger charge is 2.21. The molecule has 70 heavy (non-hydrogen) atoms. The van der Waals surface area contributed by atoms with E-state index in [0.717, 1.165) is 45.5 Å². The van der Waals surface area contributed by atoms with Gasteiger partial charge in [0.1, 0.15) is 11.3 Å². The molecule has 3 nitrogen and oxygen atoms in total. The van der Waals surface area contributed by atoms with Crippen molar-refractivity contribution in [2.24, 2.45) is 0 Å². The van der Waals surface area contributed by atoms with Crippen molar-refractivity contribution < 1.29 is 4.42 Å². The van der Waals surface area contributed by atoms with Gasteiger partial charge in [-0.05, 0) is 141 Å². The molecule has 13 aromatic rings. The molecule has 0 saturated carbocycles. The van der Waals surface area contributed by atoms with E-state index in [2.05, 4.69) is 264 Å². The van der Waals surface area contributed by atoms with Crippen LogP contribution in [0, 0.1) is 0 Å². The zero-order valence-corrected chi connectivity index (χ0v) is 38.3. The maximum absolute atomic E-state index is 6.60. The summed E-state index contributed by atoms with van der Waals surface area (Å²) in [6, 6.07) is 86.0. The molecule has 0 atom stereocenters. The van der Waals surface area contributed by atoms with Crippen LogP contribution in [-0.2, 0) is 0 Å². The fraction of sp³-hybridized carbons (Fsp3) is 0.0149. The molecule has 10 aromatic carbocycles. The zero-order chi connectivity index (χ0) is 46.1.